The number of thiazole rings is 1. The Morgan fingerprint density at radius 2 is 1.86 bits per heavy atom. The van der Waals surface area contributed by atoms with Gasteiger partial charge < -0.3 is 10.4 Å². The zero-order valence-electron chi connectivity index (χ0n) is 12.2. The molecule has 7 heteroatoms. The fourth-order valence-electron chi connectivity index (χ4n) is 1.96. The van der Waals surface area contributed by atoms with Crippen LogP contribution < -0.4 is 5.32 Å². The lowest BCUT2D eigenvalue weighted by Crippen LogP contribution is -2.24. The van der Waals surface area contributed by atoms with Crippen LogP contribution >= 0.6 is 11.3 Å². The fourth-order valence-corrected chi connectivity index (χ4v) is 2.80. The summed E-state index contributed by atoms with van der Waals surface area (Å²) in [6.07, 6.45) is 0. The van der Waals surface area contributed by atoms with Crippen molar-refractivity contribution in [2.75, 3.05) is 6.61 Å². The van der Waals surface area contributed by atoms with Crippen LogP contribution in [0, 0.1) is 17.5 Å². The highest BCUT2D eigenvalue weighted by atomic mass is 32.1. The summed E-state index contributed by atoms with van der Waals surface area (Å²) in [6.45, 7) is 4.05. The normalized spacial score (nSPS) is 12.9. The maximum atomic E-state index is 13.3. The number of aliphatic hydroxyl groups excluding tert-OH is 1. The third-order valence-electron chi connectivity index (χ3n) is 3.18. The summed E-state index contributed by atoms with van der Waals surface area (Å²) in [7, 11) is 0. The van der Waals surface area contributed by atoms with E-state index < -0.39 is 23.5 Å². The molecule has 22 heavy (non-hydrogen) atoms. The highest BCUT2D eigenvalue weighted by Gasteiger charge is 2.17. The largest absolute Gasteiger partial charge is 0.394 e. The van der Waals surface area contributed by atoms with Crippen LogP contribution in [0.15, 0.2) is 17.5 Å². The Hall–Kier alpha value is -1.44. The van der Waals surface area contributed by atoms with Crippen LogP contribution in [0.2, 0.25) is 0 Å². The summed E-state index contributed by atoms with van der Waals surface area (Å²) in [5.41, 5.74) is 0.938. The van der Waals surface area contributed by atoms with Gasteiger partial charge in [-0.3, -0.25) is 0 Å². The molecule has 0 fully saturated rings. The van der Waals surface area contributed by atoms with E-state index in [-0.39, 0.29) is 12.2 Å². The second kappa shape index (κ2) is 7.21. The van der Waals surface area contributed by atoms with Crippen LogP contribution in [0.5, 0.6) is 0 Å². The molecular formula is C15H17F3N2OS. The number of nitrogens with one attached hydrogen (secondary N) is 1. The van der Waals surface area contributed by atoms with Gasteiger partial charge in [0.15, 0.2) is 17.5 Å². The highest BCUT2D eigenvalue weighted by Crippen LogP contribution is 2.21. The van der Waals surface area contributed by atoms with Gasteiger partial charge in [-0.2, -0.15) is 0 Å². The van der Waals surface area contributed by atoms with E-state index in [9.17, 15) is 18.3 Å². The molecule has 0 saturated carbocycles. The molecule has 2 rings (SSSR count). The van der Waals surface area contributed by atoms with Gasteiger partial charge >= 0.3 is 0 Å². The van der Waals surface area contributed by atoms with E-state index in [1.807, 2.05) is 19.2 Å². The predicted octanol–water partition coefficient (Wildman–Crippen LogP) is 3.51. The molecule has 2 N–H and O–H groups in total. The molecule has 0 saturated heterocycles. The van der Waals surface area contributed by atoms with E-state index in [0.29, 0.717) is 12.5 Å². The third-order valence-corrected chi connectivity index (χ3v) is 4.38. The molecule has 1 atom stereocenters. The Balaban J connectivity index is 2.09. The van der Waals surface area contributed by atoms with E-state index in [4.69, 9.17) is 0 Å². The van der Waals surface area contributed by atoms with Gasteiger partial charge in [-0.05, 0) is 17.7 Å². The summed E-state index contributed by atoms with van der Waals surface area (Å²) in [5, 5.41) is 15.2. The Morgan fingerprint density at radius 1 is 1.23 bits per heavy atom. The molecule has 1 heterocycles. The lowest BCUT2D eigenvalue weighted by Gasteiger charge is -2.16. The molecule has 0 aliphatic carbocycles. The van der Waals surface area contributed by atoms with Gasteiger partial charge in [0.2, 0.25) is 0 Å². The SMILES string of the molecule is CC(C)c1nc(CNC(CO)c2cc(F)c(F)c(F)c2)cs1. The van der Waals surface area contributed by atoms with Gasteiger partial charge in [-0.1, -0.05) is 13.8 Å². The van der Waals surface area contributed by atoms with E-state index in [2.05, 4.69) is 10.3 Å². The fraction of sp³-hybridized carbons (Fsp3) is 0.400. The molecule has 2 aromatic rings. The Labute approximate surface area is 130 Å². The number of aliphatic hydroxyl groups is 1. The topological polar surface area (TPSA) is 45.2 Å². The maximum Gasteiger partial charge on any atom is 0.194 e. The van der Waals surface area contributed by atoms with Crippen LogP contribution in [-0.4, -0.2) is 16.7 Å². The minimum atomic E-state index is -1.51. The van der Waals surface area contributed by atoms with E-state index in [1.54, 1.807) is 0 Å². The van der Waals surface area contributed by atoms with Gasteiger partial charge in [0.1, 0.15) is 0 Å². The smallest absolute Gasteiger partial charge is 0.194 e. The highest BCUT2D eigenvalue weighted by molar-refractivity contribution is 7.09. The van der Waals surface area contributed by atoms with E-state index >= 15 is 0 Å². The number of rotatable bonds is 6. The molecule has 0 bridgehead atoms. The maximum absolute atomic E-state index is 13.3. The molecule has 0 spiro atoms. The second-order valence-corrected chi connectivity index (χ2v) is 6.14. The molecule has 0 aliphatic rings. The Morgan fingerprint density at radius 3 is 2.36 bits per heavy atom. The average Bonchev–Trinajstić information content (AvgIpc) is 2.94. The van der Waals surface area contributed by atoms with Gasteiger partial charge in [-0.15, -0.1) is 11.3 Å². The summed E-state index contributed by atoms with van der Waals surface area (Å²) >= 11 is 1.54. The zero-order valence-corrected chi connectivity index (χ0v) is 13.1. The van der Waals surface area contributed by atoms with Crippen molar-refractivity contribution in [3.63, 3.8) is 0 Å². The molecule has 0 radical (unpaired) electrons. The van der Waals surface area contributed by atoms with Crippen molar-refractivity contribution in [3.05, 3.63) is 51.2 Å². The molecule has 120 valence electrons. The standard InChI is InChI=1S/C15H17F3N2OS/c1-8(2)15-20-10(7-22-15)5-19-13(6-21)9-3-11(16)14(18)12(17)4-9/h3-4,7-8,13,19,21H,5-6H2,1-2H3. The first-order valence-corrected chi connectivity index (χ1v) is 7.73. The van der Waals surface area contributed by atoms with Crippen molar-refractivity contribution >= 4 is 11.3 Å². The van der Waals surface area contributed by atoms with Crippen LogP contribution in [0.3, 0.4) is 0 Å². The van der Waals surface area contributed by atoms with E-state index in [0.717, 1.165) is 22.8 Å². The molecule has 1 aromatic carbocycles. The van der Waals surface area contributed by atoms with Crippen molar-refractivity contribution in [1.29, 1.82) is 0 Å². The van der Waals surface area contributed by atoms with E-state index in [1.165, 1.54) is 11.3 Å². The first-order chi connectivity index (χ1) is 10.4. The summed E-state index contributed by atoms with van der Waals surface area (Å²) < 4.78 is 39.5. The molecule has 1 unspecified atom stereocenters. The van der Waals surface area contributed by atoms with Crippen LogP contribution in [0.25, 0.3) is 0 Å². The van der Waals surface area contributed by atoms with Gasteiger partial charge in [0.05, 0.1) is 23.4 Å². The van der Waals surface area contributed by atoms with Crippen molar-refractivity contribution in [2.24, 2.45) is 0 Å². The van der Waals surface area contributed by atoms with Gasteiger partial charge in [0, 0.05) is 17.8 Å². The minimum Gasteiger partial charge on any atom is -0.394 e. The Kier molecular flexibility index (Phi) is 5.55. The van der Waals surface area contributed by atoms with Crippen molar-refractivity contribution in [3.8, 4) is 0 Å². The molecular weight excluding hydrogens is 313 g/mol. The number of aromatic nitrogens is 1. The van der Waals surface area contributed by atoms with Crippen molar-refractivity contribution in [1.82, 2.24) is 10.3 Å². The first kappa shape index (κ1) is 16.9. The summed E-state index contributed by atoms with van der Waals surface area (Å²) in [4.78, 5) is 4.43. The molecule has 0 aliphatic heterocycles. The first-order valence-electron chi connectivity index (χ1n) is 6.85. The van der Waals surface area contributed by atoms with Crippen LogP contribution in [-0.2, 0) is 6.54 Å². The molecule has 1 aromatic heterocycles. The molecule has 0 amide bonds. The number of hydrogen-bond acceptors (Lipinski definition) is 4. The third kappa shape index (κ3) is 3.85. The number of nitrogens with zero attached hydrogens (tertiary/aromatic N) is 1. The second-order valence-electron chi connectivity index (χ2n) is 5.25. The quantitative estimate of drug-likeness (QED) is 0.797. The van der Waals surface area contributed by atoms with Crippen LogP contribution in [0.4, 0.5) is 13.2 Å². The van der Waals surface area contributed by atoms with Crippen molar-refractivity contribution in [2.45, 2.75) is 32.4 Å². The lowest BCUT2D eigenvalue weighted by atomic mass is 10.1. The molecule has 3 nitrogen and oxygen atoms in total. The van der Waals surface area contributed by atoms with Crippen LogP contribution in [0.1, 0.15) is 42.1 Å². The summed E-state index contributed by atoms with van der Waals surface area (Å²) in [5.74, 6) is -3.73. The summed E-state index contributed by atoms with van der Waals surface area (Å²) in [6, 6.07) is 1.06. The van der Waals surface area contributed by atoms with Gasteiger partial charge in [0.25, 0.3) is 0 Å². The number of halogens is 3. The number of hydrogen-bond donors (Lipinski definition) is 2. The average molecular weight is 330 g/mol. The predicted molar refractivity (Wildman–Crippen MR) is 79.2 cm³/mol. The lowest BCUT2D eigenvalue weighted by molar-refractivity contribution is 0.242. The Bertz CT molecular complexity index is 622. The number of benzene rings is 1. The zero-order chi connectivity index (χ0) is 16.3. The monoisotopic (exact) mass is 330 g/mol. The van der Waals surface area contributed by atoms with Gasteiger partial charge in [-0.25, -0.2) is 18.2 Å². The minimum absolute atomic E-state index is 0.151. The van der Waals surface area contributed by atoms with Crippen molar-refractivity contribution < 1.29 is 18.3 Å².